The molecule has 2 unspecified atom stereocenters. The molecule has 0 heterocycles. The minimum atomic E-state index is -0.674. The van der Waals surface area contributed by atoms with E-state index in [0.717, 1.165) is 5.69 Å². The summed E-state index contributed by atoms with van der Waals surface area (Å²) in [5.41, 5.74) is 1.38. The van der Waals surface area contributed by atoms with Crippen molar-refractivity contribution in [3.8, 4) is 0 Å². The van der Waals surface area contributed by atoms with Gasteiger partial charge in [0, 0.05) is 30.9 Å². The summed E-state index contributed by atoms with van der Waals surface area (Å²) in [4.78, 5) is 27.1. The Bertz CT molecular complexity index is 778. The first-order valence-electron chi connectivity index (χ1n) is 9.41. The normalized spacial score (nSPS) is 12.9. The molecule has 2 atom stereocenters. The number of rotatable bonds is 8. The highest BCUT2D eigenvalue weighted by molar-refractivity contribution is 5.97. The van der Waals surface area contributed by atoms with Gasteiger partial charge in [0.2, 0.25) is 5.91 Å². The fourth-order valence-corrected chi connectivity index (χ4v) is 2.77. The number of para-hydroxylation sites is 1. The van der Waals surface area contributed by atoms with E-state index in [4.69, 9.17) is 0 Å². The molecule has 0 saturated carbocycles. The third-order valence-corrected chi connectivity index (χ3v) is 4.74. The summed E-state index contributed by atoms with van der Waals surface area (Å²) in [5, 5.41) is 5.67. The summed E-state index contributed by atoms with van der Waals surface area (Å²) in [6, 6.07) is 14.6. The predicted octanol–water partition coefficient (Wildman–Crippen LogP) is 3.22. The lowest BCUT2D eigenvalue weighted by Crippen LogP contribution is -2.52. The summed E-state index contributed by atoms with van der Waals surface area (Å²) in [5.74, 6) is -1.14. The lowest BCUT2D eigenvalue weighted by atomic mass is 10.0. The second-order valence-electron chi connectivity index (χ2n) is 7.24. The average molecular weight is 385 g/mol. The summed E-state index contributed by atoms with van der Waals surface area (Å²) < 4.78 is 13.0. The van der Waals surface area contributed by atoms with Gasteiger partial charge >= 0.3 is 0 Å². The van der Waals surface area contributed by atoms with Crippen molar-refractivity contribution in [2.45, 2.75) is 32.9 Å². The molecule has 2 aromatic carbocycles. The maximum atomic E-state index is 13.0. The number of benzene rings is 2. The number of carbonyl (C=O) groups excluding carboxylic acids is 2. The van der Waals surface area contributed by atoms with Crippen LogP contribution < -0.4 is 15.5 Å². The molecule has 150 valence electrons. The molecule has 0 aliphatic heterocycles. The van der Waals surface area contributed by atoms with Gasteiger partial charge in [0.05, 0.1) is 0 Å². The largest absolute Gasteiger partial charge is 0.370 e. The molecule has 2 N–H and O–H groups in total. The summed E-state index contributed by atoms with van der Waals surface area (Å²) in [7, 11) is 1.97. The SMILES string of the molecule is CC(C)C(NC(=O)c1ccc(F)cc1)C(=O)NCC(C)N(C)c1ccccc1. The van der Waals surface area contributed by atoms with Crippen LogP contribution in [0, 0.1) is 11.7 Å². The molecular weight excluding hydrogens is 357 g/mol. The molecule has 0 spiro atoms. The second-order valence-corrected chi connectivity index (χ2v) is 7.24. The number of carbonyl (C=O) groups is 2. The number of hydrogen-bond donors (Lipinski definition) is 2. The van der Waals surface area contributed by atoms with Crippen LogP contribution in [-0.4, -0.2) is 37.5 Å². The smallest absolute Gasteiger partial charge is 0.251 e. The lowest BCUT2D eigenvalue weighted by Gasteiger charge is -2.28. The maximum absolute atomic E-state index is 13.0. The van der Waals surface area contributed by atoms with Crippen LogP contribution in [-0.2, 0) is 4.79 Å². The van der Waals surface area contributed by atoms with E-state index in [-0.39, 0.29) is 17.9 Å². The molecule has 0 fully saturated rings. The van der Waals surface area contributed by atoms with E-state index in [0.29, 0.717) is 12.1 Å². The molecule has 0 aliphatic carbocycles. The van der Waals surface area contributed by atoms with Crippen LogP contribution in [0.2, 0.25) is 0 Å². The third-order valence-electron chi connectivity index (χ3n) is 4.74. The molecule has 2 aromatic rings. The quantitative estimate of drug-likeness (QED) is 0.733. The Hall–Kier alpha value is -2.89. The van der Waals surface area contributed by atoms with E-state index in [1.165, 1.54) is 24.3 Å². The number of halogens is 1. The minimum Gasteiger partial charge on any atom is -0.370 e. The molecule has 5 nitrogen and oxygen atoms in total. The number of anilines is 1. The van der Waals surface area contributed by atoms with Crippen molar-refractivity contribution < 1.29 is 14.0 Å². The molecule has 6 heteroatoms. The van der Waals surface area contributed by atoms with Gasteiger partial charge in [-0.2, -0.15) is 0 Å². The van der Waals surface area contributed by atoms with Gasteiger partial charge in [0.15, 0.2) is 0 Å². The first kappa shape index (κ1) is 21.4. The van der Waals surface area contributed by atoms with E-state index in [1.54, 1.807) is 0 Å². The molecule has 2 amide bonds. The van der Waals surface area contributed by atoms with Crippen molar-refractivity contribution in [3.63, 3.8) is 0 Å². The van der Waals surface area contributed by atoms with Crippen molar-refractivity contribution in [3.05, 3.63) is 66.0 Å². The Morgan fingerprint density at radius 2 is 1.61 bits per heavy atom. The van der Waals surface area contributed by atoms with Gasteiger partial charge in [-0.25, -0.2) is 4.39 Å². The monoisotopic (exact) mass is 385 g/mol. The van der Waals surface area contributed by atoms with Gasteiger partial charge in [-0.15, -0.1) is 0 Å². The van der Waals surface area contributed by atoms with Crippen LogP contribution in [0.5, 0.6) is 0 Å². The number of hydrogen-bond acceptors (Lipinski definition) is 3. The fourth-order valence-electron chi connectivity index (χ4n) is 2.77. The number of nitrogens with one attached hydrogen (secondary N) is 2. The number of likely N-dealkylation sites (N-methyl/N-ethyl adjacent to an activating group) is 1. The van der Waals surface area contributed by atoms with Gasteiger partial charge in [0.25, 0.3) is 5.91 Å². The van der Waals surface area contributed by atoms with E-state index < -0.39 is 17.8 Å². The zero-order valence-corrected chi connectivity index (χ0v) is 16.8. The highest BCUT2D eigenvalue weighted by Crippen LogP contribution is 2.14. The highest BCUT2D eigenvalue weighted by Gasteiger charge is 2.25. The van der Waals surface area contributed by atoms with Crippen molar-refractivity contribution in [2.24, 2.45) is 5.92 Å². The summed E-state index contributed by atoms with van der Waals surface area (Å²) >= 11 is 0. The lowest BCUT2D eigenvalue weighted by molar-refractivity contribution is -0.124. The predicted molar refractivity (Wildman–Crippen MR) is 110 cm³/mol. The first-order valence-corrected chi connectivity index (χ1v) is 9.41. The van der Waals surface area contributed by atoms with Crippen LogP contribution in [0.15, 0.2) is 54.6 Å². The Morgan fingerprint density at radius 3 is 2.18 bits per heavy atom. The van der Waals surface area contributed by atoms with Crippen LogP contribution in [0.25, 0.3) is 0 Å². The molecule has 0 aromatic heterocycles. The van der Waals surface area contributed by atoms with Crippen molar-refractivity contribution in [1.29, 1.82) is 0 Å². The van der Waals surface area contributed by atoms with Gasteiger partial charge in [-0.3, -0.25) is 9.59 Å². The van der Waals surface area contributed by atoms with E-state index in [9.17, 15) is 14.0 Å². The highest BCUT2D eigenvalue weighted by atomic mass is 19.1. The standard InChI is InChI=1S/C22H28FN3O2/c1-15(2)20(25-21(27)17-10-12-18(23)13-11-17)22(28)24-14-16(3)26(4)19-8-6-5-7-9-19/h5-13,15-16,20H,14H2,1-4H3,(H,24,28)(H,25,27). The molecule has 0 aliphatic rings. The van der Waals surface area contributed by atoms with Crippen molar-refractivity contribution in [2.75, 3.05) is 18.5 Å². The maximum Gasteiger partial charge on any atom is 0.251 e. The summed E-state index contributed by atoms with van der Waals surface area (Å²) in [6.45, 7) is 6.21. The van der Waals surface area contributed by atoms with E-state index in [2.05, 4.69) is 15.5 Å². The van der Waals surface area contributed by atoms with Gasteiger partial charge in [-0.1, -0.05) is 32.0 Å². The number of nitrogens with zero attached hydrogens (tertiary/aromatic N) is 1. The van der Waals surface area contributed by atoms with E-state index >= 15 is 0 Å². The third kappa shape index (κ3) is 5.81. The molecule has 2 rings (SSSR count). The number of amides is 2. The second kappa shape index (κ2) is 9.88. The topological polar surface area (TPSA) is 61.4 Å². The summed E-state index contributed by atoms with van der Waals surface area (Å²) in [6.07, 6.45) is 0. The van der Waals surface area contributed by atoms with Crippen LogP contribution in [0.3, 0.4) is 0 Å². The zero-order chi connectivity index (χ0) is 20.7. The molecule has 0 bridgehead atoms. The average Bonchev–Trinajstić information content (AvgIpc) is 2.70. The zero-order valence-electron chi connectivity index (χ0n) is 16.8. The minimum absolute atomic E-state index is 0.0759. The molecule has 0 saturated heterocycles. The molecule has 0 radical (unpaired) electrons. The van der Waals surface area contributed by atoms with Crippen LogP contribution in [0.4, 0.5) is 10.1 Å². The molecule has 28 heavy (non-hydrogen) atoms. The molecular formula is C22H28FN3O2. The van der Waals surface area contributed by atoms with Crippen molar-refractivity contribution >= 4 is 17.5 Å². The Morgan fingerprint density at radius 1 is 1.00 bits per heavy atom. The van der Waals surface area contributed by atoms with Gasteiger partial charge in [0.1, 0.15) is 11.9 Å². The van der Waals surface area contributed by atoms with Gasteiger partial charge in [-0.05, 0) is 49.2 Å². The fraction of sp³-hybridized carbons (Fsp3) is 0.364. The van der Waals surface area contributed by atoms with Crippen LogP contribution >= 0.6 is 0 Å². The first-order chi connectivity index (χ1) is 13.3. The Labute approximate surface area is 165 Å². The van der Waals surface area contributed by atoms with E-state index in [1.807, 2.05) is 58.2 Å². The van der Waals surface area contributed by atoms with Gasteiger partial charge < -0.3 is 15.5 Å². The van der Waals surface area contributed by atoms with Crippen LogP contribution in [0.1, 0.15) is 31.1 Å². The Balaban J connectivity index is 1.95. The van der Waals surface area contributed by atoms with Crippen molar-refractivity contribution in [1.82, 2.24) is 10.6 Å². The Kier molecular flexibility index (Phi) is 7.55.